The van der Waals surface area contributed by atoms with Gasteiger partial charge in [0, 0.05) is 13.2 Å². The third-order valence-corrected chi connectivity index (χ3v) is 7.87. The van der Waals surface area contributed by atoms with E-state index < -0.39 is 12.2 Å². The SMILES string of the molecule is CC(C)C1CCCNC1.CC(C)C1CCNC1.CC(C)CCCO.CC(C)CCO.CC(C)C[C@@H](O)CO.CC(C)C[C@H](O)CO. The quantitative estimate of drug-likeness (QED) is 0.118. The van der Waals surface area contributed by atoms with E-state index in [1.807, 2.05) is 27.7 Å². The zero-order valence-electron chi connectivity index (χ0n) is 32.8. The molecule has 2 unspecified atom stereocenters. The van der Waals surface area contributed by atoms with E-state index in [-0.39, 0.29) is 13.2 Å². The highest BCUT2D eigenvalue weighted by Crippen LogP contribution is 2.18. The maximum absolute atomic E-state index is 8.78. The van der Waals surface area contributed by atoms with Crippen LogP contribution in [0.4, 0.5) is 0 Å². The average molecular weight is 667 g/mol. The molecule has 0 saturated carbocycles. The topological polar surface area (TPSA) is 145 Å². The van der Waals surface area contributed by atoms with Crippen LogP contribution in [0.1, 0.15) is 134 Å². The minimum Gasteiger partial charge on any atom is -0.396 e. The second kappa shape index (κ2) is 37.5. The fraction of sp³-hybridized carbons (Fsp3) is 1.00. The van der Waals surface area contributed by atoms with E-state index in [2.05, 4.69) is 66.0 Å². The van der Waals surface area contributed by atoms with Gasteiger partial charge in [0.15, 0.2) is 0 Å². The highest BCUT2D eigenvalue weighted by molar-refractivity contribution is 4.73. The molecule has 0 bridgehead atoms. The predicted molar refractivity (Wildman–Crippen MR) is 199 cm³/mol. The van der Waals surface area contributed by atoms with Crippen molar-refractivity contribution in [1.82, 2.24) is 10.6 Å². The molecule has 0 amide bonds. The molecule has 2 fully saturated rings. The first-order valence-electron chi connectivity index (χ1n) is 18.7. The molecule has 4 atom stereocenters. The third kappa shape index (κ3) is 45.8. The first-order valence-corrected chi connectivity index (χ1v) is 18.7. The summed E-state index contributed by atoms with van der Waals surface area (Å²) in [6, 6.07) is 0. The molecule has 2 rings (SSSR count). The first kappa shape index (κ1) is 52.5. The smallest absolute Gasteiger partial charge is 0.0773 e. The summed E-state index contributed by atoms with van der Waals surface area (Å²) in [6.45, 7) is 31.2. The van der Waals surface area contributed by atoms with E-state index in [1.54, 1.807) is 0 Å². The summed E-state index contributed by atoms with van der Waals surface area (Å²) in [5.74, 6) is 5.98. The lowest BCUT2D eigenvalue weighted by molar-refractivity contribution is 0.0781. The van der Waals surface area contributed by atoms with Crippen LogP contribution < -0.4 is 10.6 Å². The third-order valence-electron chi connectivity index (χ3n) is 7.87. The standard InChI is InChI=1S/C8H17N.C7H15N.2C6H14O2.C6H14O.C5H12O/c1-7(2)8-4-3-5-9-6-8;1-6(2)7-3-4-8-5-7;2*1-5(2)3-6(8)4-7;1-6(2)4-3-5-7;1-5(2)3-4-6/h7-9H,3-6H2,1-2H3;6-8H,3-5H2,1-2H3;2*5-8H,3-4H2,1-2H3;6-7H,3-5H2,1-2H3;5-6H,3-4H2,1-2H3/t;;2*6-;;/m..10../s1. The Kier molecular flexibility index (Phi) is 42.8. The molecule has 0 spiro atoms. The lowest BCUT2D eigenvalue weighted by atomic mass is 9.89. The molecular formula is C38H86N2O6. The van der Waals surface area contributed by atoms with Gasteiger partial charge in [-0.15, -0.1) is 0 Å². The largest absolute Gasteiger partial charge is 0.396 e. The van der Waals surface area contributed by atoms with Crippen molar-refractivity contribution in [1.29, 1.82) is 0 Å². The number of hydrogen-bond donors (Lipinski definition) is 8. The molecule has 0 aromatic rings. The van der Waals surface area contributed by atoms with Crippen LogP contribution in [-0.2, 0) is 0 Å². The van der Waals surface area contributed by atoms with Crippen LogP contribution in [0.25, 0.3) is 0 Å². The predicted octanol–water partition coefficient (Wildman–Crippen LogP) is 6.11. The highest BCUT2D eigenvalue weighted by Gasteiger charge is 2.17. The zero-order chi connectivity index (χ0) is 36.5. The van der Waals surface area contributed by atoms with Crippen LogP contribution in [0.2, 0.25) is 0 Å². The maximum Gasteiger partial charge on any atom is 0.0773 e. The Morgan fingerprint density at radius 2 is 0.935 bits per heavy atom. The molecule has 2 aliphatic heterocycles. The van der Waals surface area contributed by atoms with Crippen molar-refractivity contribution >= 4 is 0 Å². The fourth-order valence-electron chi connectivity index (χ4n) is 4.69. The molecule has 8 N–H and O–H groups in total. The molecule has 46 heavy (non-hydrogen) atoms. The van der Waals surface area contributed by atoms with Crippen molar-refractivity contribution in [3.8, 4) is 0 Å². The molecule has 2 aliphatic rings. The number of hydrogen-bond acceptors (Lipinski definition) is 8. The summed E-state index contributed by atoms with van der Waals surface area (Å²) in [5, 5.41) is 57.5. The highest BCUT2D eigenvalue weighted by atomic mass is 16.3. The molecule has 8 nitrogen and oxygen atoms in total. The molecule has 2 saturated heterocycles. The Labute approximate surface area is 287 Å². The van der Waals surface area contributed by atoms with E-state index in [0.717, 1.165) is 48.9 Å². The van der Waals surface area contributed by atoms with Gasteiger partial charge in [-0.3, -0.25) is 0 Å². The lowest BCUT2D eigenvalue weighted by Crippen LogP contribution is -2.32. The lowest BCUT2D eigenvalue weighted by Gasteiger charge is -2.25. The average Bonchev–Trinajstić information content (AvgIpc) is 3.53. The molecular weight excluding hydrogens is 580 g/mol. The Morgan fingerprint density at radius 1 is 0.522 bits per heavy atom. The molecule has 0 radical (unpaired) electrons. The maximum atomic E-state index is 8.78. The second-order valence-electron chi connectivity index (χ2n) is 15.4. The minimum atomic E-state index is -0.519. The van der Waals surface area contributed by atoms with Gasteiger partial charge >= 0.3 is 0 Å². The number of aliphatic hydroxyl groups excluding tert-OH is 6. The van der Waals surface area contributed by atoms with Crippen LogP contribution in [0.3, 0.4) is 0 Å². The summed E-state index contributed by atoms with van der Waals surface area (Å²) in [4.78, 5) is 0. The first-order chi connectivity index (χ1) is 21.5. The van der Waals surface area contributed by atoms with Crippen molar-refractivity contribution in [2.24, 2.45) is 47.3 Å². The monoisotopic (exact) mass is 667 g/mol. The van der Waals surface area contributed by atoms with Gasteiger partial charge in [-0.2, -0.15) is 0 Å². The van der Waals surface area contributed by atoms with E-state index >= 15 is 0 Å². The van der Waals surface area contributed by atoms with Gasteiger partial charge in [-0.25, -0.2) is 0 Å². The molecule has 284 valence electrons. The van der Waals surface area contributed by atoms with E-state index in [0.29, 0.717) is 43.8 Å². The summed E-state index contributed by atoms with van der Waals surface area (Å²) < 4.78 is 0. The van der Waals surface area contributed by atoms with Crippen LogP contribution in [0.5, 0.6) is 0 Å². The number of aliphatic hydroxyl groups is 6. The molecule has 0 aliphatic carbocycles. The van der Waals surface area contributed by atoms with Crippen LogP contribution >= 0.6 is 0 Å². The number of nitrogens with one attached hydrogen (secondary N) is 2. The summed E-state index contributed by atoms with van der Waals surface area (Å²) in [6.07, 6.45) is 7.58. The van der Waals surface area contributed by atoms with Crippen molar-refractivity contribution in [3.05, 3.63) is 0 Å². The van der Waals surface area contributed by atoms with Gasteiger partial charge in [-0.1, -0.05) is 83.1 Å². The van der Waals surface area contributed by atoms with Gasteiger partial charge < -0.3 is 41.3 Å². The van der Waals surface area contributed by atoms with Crippen LogP contribution in [0.15, 0.2) is 0 Å². The van der Waals surface area contributed by atoms with Gasteiger partial charge in [-0.05, 0) is 125 Å². The van der Waals surface area contributed by atoms with Crippen LogP contribution in [-0.4, -0.2) is 95.5 Å². The van der Waals surface area contributed by atoms with Gasteiger partial charge in [0.1, 0.15) is 0 Å². The van der Waals surface area contributed by atoms with Crippen LogP contribution in [0, 0.1) is 47.3 Å². The Hall–Kier alpha value is -0.320. The number of rotatable bonds is 13. The molecule has 8 heteroatoms. The van der Waals surface area contributed by atoms with E-state index in [9.17, 15) is 0 Å². The Balaban J connectivity index is -0.000000231. The Bertz CT molecular complexity index is 533. The summed E-state index contributed by atoms with van der Waals surface area (Å²) in [7, 11) is 0. The normalized spacial score (nSPS) is 18.8. The zero-order valence-corrected chi connectivity index (χ0v) is 32.8. The number of piperidine rings is 1. The minimum absolute atomic E-state index is 0.113. The van der Waals surface area contributed by atoms with E-state index in [4.69, 9.17) is 30.6 Å². The van der Waals surface area contributed by atoms with Gasteiger partial charge in [0.25, 0.3) is 0 Å². The summed E-state index contributed by atoms with van der Waals surface area (Å²) in [5.41, 5.74) is 0. The van der Waals surface area contributed by atoms with Crippen molar-refractivity contribution in [3.63, 3.8) is 0 Å². The molecule has 0 aromatic heterocycles. The Morgan fingerprint density at radius 3 is 1.09 bits per heavy atom. The molecule has 0 aromatic carbocycles. The molecule has 2 heterocycles. The van der Waals surface area contributed by atoms with Gasteiger partial charge in [0.05, 0.1) is 25.4 Å². The second-order valence-corrected chi connectivity index (χ2v) is 15.4. The van der Waals surface area contributed by atoms with Gasteiger partial charge in [0.2, 0.25) is 0 Å². The van der Waals surface area contributed by atoms with Crippen molar-refractivity contribution < 1.29 is 30.6 Å². The fourth-order valence-corrected chi connectivity index (χ4v) is 4.69. The van der Waals surface area contributed by atoms with E-state index in [1.165, 1.54) is 45.4 Å². The van der Waals surface area contributed by atoms with Crippen molar-refractivity contribution in [2.75, 3.05) is 52.6 Å². The summed E-state index contributed by atoms with van der Waals surface area (Å²) >= 11 is 0. The van der Waals surface area contributed by atoms with Crippen molar-refractivity contribution in [2.45, 2.75) is 147 Å².